The van der Waals surface area contributed by atoms with Gasteiger partial charge in [-0.15, -0.1) is 0 Å². The van der Waals surface area contributed by atoms with Crippen molar-refractivity contribution in [1.29, 1.82) is 0 Å². The summed E-state index contributed by atoms with van der Waals surface area (Å²) in [7, 11) is 0. The number of hydrogen-bond donors (Lipinski definition) is 2. The number of carbonyl (C=O) groups is 1. The summed E-state index contributed by atoms with van der Waals surface area (Å²) in [6.45, 7) is 1.24. The van der Waals surface area contributed by atoms with Crippen molar-refractivity contribution in [3.05, 3.63) is 78.8 Å². The van der Waals surface area contributed by atoms with Crippen molar-refractivity contribution in [1.82, 2.24) is 14.7 Å². The zero-order valence-electron chi connectivity index (χ0n) is 14.4. The smallest absolute Gasteiger partial charge is 0.226 e. The number of nitrogens with zero attached hydrogens (tertiary/aromatic N) is 2. The molecule has 26 heavy (non-hydrogen) atoms. The molecule has 2 heterocycles. The standard InChI is InChI=1S/C21H20N4O/c26-21(14-17-15-25-13-4-3-10-20(25)24-17)23-12-11-22-19-9-5-7-16-6-1-2-8-18(16)19/h1-10,13,15,22H,11-12,14H2,(H,23,26). The Hall–Kier alpha value is -3.34. The van der Waals surface area contributed by atoms with Crippen LogP contribution in [0.2, 0.25) is 0 Å². The highest BCUT2D eigenvalue weighted by Crippen LogP contribution is 2.22. The lowest BCUT2D eigenvalue weighted by atomic mass is 10.1. The molecule has 1 amide bonds. The Bertz CT molecular complexity index is 1020. The van der Waals surface area contributed by atoms with Crippen molar-refractivity contribution < 1.29 is 4.79 Å². The van der Waals surface area contributed by atoms with Gasteiger partial charge in [-0.2, -0.15) is 0 Å². The minimum absolute atomic E-state index is 0.0203. The van der Waals surface area contributed by atoms with Crippen LogP contribution in [0.1, 0.15) is 5.69 Å². The summed E-state index contributed by atoms with van der Waals surface area (Å²) in [5.74, 6) is -0.0203. The number of fused-ring (bicyclic) bond motifs is 2. The summed E-state index contributed by atoms with van der Waals surface area (Å²) in [6, 6.07) is 20.2. The minimum atomic E-state index is -0.0203. The molecule has 2 aromatic carbocycles. The lowest BCUT2D eigenvalue weighted by Crippen LogP contribution is -2.30. The number of amides is 1. The summed E-state index contributed by atoms with van der Waals surface area (Å²) in [5.41, 5.74) is 2.71. The third kappa shape index (κ3) is 3.52. The molecule has 130 valence electrons. The molecule has 0 atom stereocenters. The van der Waals surface area contributed by atoms with E-state index in [1.807, 2.05) is 53.2 Å². The van der Waals surface area contributed by atoms with Gasteiger partial charge < -0.3 is 15.0 Å². The van der Waals surface area contributed by atoms with Gasteiger partial charge in [0.05, 0.1) is 12.1 Å². The molecule has 5 heteroatoms. The first-order chi connectivity index (χ1) is 12.8. The van der Waals surface area contributed by atoms with E-state index in [1.54, 1.807) is 0 Å². The molecular weight excluding hydrogens is 324 g/mol. The fraction of sp³-hybridized carbons (Fsp3) is 0.143. The molecule has 0 unspecified atom stereocenters. The maximum absolute atomic E-state index is 12.1. The first kappa shape index (κ1) is 16.1. The van der Waals surface area contributed by atoms with E-state index >= 15 is 0 Å². The summed E-state index contributed by atoms with van der Waals surface area (Å²) in [5, 5.41) is 8.73. The molecule has 0 bridgehead atoms. The Morgan fingerprint density at radius 1 is 0.962 bits per heavy atom. The zero-order valence-corrected chi connectivity index (χ0v) is 14.4. The molecule has 2 N–H and O–H groups in total. The van der Waals surface area contributed by atoms with Crippen molar-refractivity contribution in [2.75, 3.05) is 18.4 Å². The lowest BCUT2D eigenvalue weighted by molar-refractivity contribution is -0.120. The molecule has 2 aromatic heterocycles. The molecule has 4 rings (SSSR count). The number of anilines is 1. The van der Waals surface area contributed by atoms with Crippen LogP contribution in [-0.2, 0) is 11.2 Å². The van der Waals surface area contributed by atoms with E-state index in [4.69, 9.17) is 0 Å². The molecule has 0 aliphatic carbocycles. The molecule has 0 aliphatic heterocycles. The lowest BCUT2D eigenvalue weighted by Gasteiger charge is -2.10. The number of rotatable bonds is 6. The molecule has 0 saturated carbocycles. The van der Waals surface area contributed by atoms with Crippen LogP contribution in [0.4, 0.5) is 5.69 Å². The molecule has 5 nitrogen and oxygen atoms in total. The highest BCUT2D eigenvalue weighted by Gasteiger charge is 2.07. The van der Waals surface area contributed by atoms with Crippen molar-refractivity contribution in [3.8, 4) is 0 Å². The Labute approximate surface area is 151 Å². The van der Waals surface area contributed by atoms with Gasteiger partial charge >= 0.3 is 0 Å². The van der Waals surface area contributed by atoms with E-state index in [1.165, 1.54) is 10.8 Å². The first-order valence-electron chi connectivity index (χ1n) is 8.70. The minimum Gasteiger partial charge on any atom is -0.383 e. The van der Waals surface area contributed by atoms with Crippen LogP contribution >= 0.6 is 0 Å². The van der Waals surface area contributed by atoms with Crippen molar-refractivity contribution >= 4 is 28.0 Å². The maximum Gasteiger partial charge on any atom is 0.226 e. The highest BCUT2D eigenvalue weighted by molar-refractivity contribution is 5.93. The predicted octanol–water partition coefficient (Wildman–Crippen LogP) is 3.26. The van der Waals surface area contributed by atoms with E-state index in [0.29, 0.717) is 13.1 Å². The number of imidazole rings is 1. The Kier molecular flexibility index (Phi) is 4.51. The molecule has 0 spiro atoms. The summed E-state index contributed by atoms with van der Waals surface area (Å²) < 4.78 is 1.92. The quantitative estimate of drug-likeness (QED) is 0.528. The molecular formula is C21H20N4O. The second kappa shape index (κ2) is 7.27. The largest absolute Gasteiger partial charge is 0.383 e. The van der Waals surface area contributed by atoms with E-state index in [-0.39, 0.29) is 12.3 Å². The molecule has 0 radical (unpaired) electrons. The van der Waals surface area contributed by atoms with Crippen LogP contribution in [0, 0.1) is 0 Å². The molecule has 0 aliphatic rings. The maximum atomic E-state index is 12.1. The van der Waals surface area contributed by atoms with Gasteiger partial charge in [-0.25, -0.2) is 4.98 Å². The highest BCUT2D eigenvalue weighted by atomic mass is 16.1. The third-order valence-corrected chi connectivity index (χ3v) is 4.31. The van der Waals surface area contributed by atoms with E-state index in [2.05, 4.69) is 39.9 Å². The Morgan fingerprint density at radius 3 is 2.73 bits per heavy atom. The SMILES string of the molecule is O=C(Cc1cn2ccccc2n1)NCCNc1cccc2ccccc12. The third-order valence-electron chi connectivity index (χ3n) is 4.31. The van der Waals surface area contributed by atoms with Crippen LogP contribution in [0.3, 0.4) is 0 Å². The number of nitrogens with one attached hydrogen (secondary N) is 2. The second-order valence-electron chi connectivity index (χ2n) is 6.18. The van der Waals surface area contributed by atoms with Gasteiger partial charge in [-0.1, -0.05) is 42.5 Å². The van der Waals surface area contributed by atoms with Crippen molar-refractivity contribution in [2.24, 2.45) is 0 Å². The van der Waals surface area contributed by atoms with Crippen molar-refractivity contribution in [2.45, 2.75) is 6.42 Å². The van der Waals surface area contributed by atoms with Crippen LogP contribution in [0.25, 0.3) is 16.4 Å². The van der Waals surface area contributed by atoms with Crippen LogP contribution in [-0.4, -0.2) is 28.4 Å². The van der Waals surface area contributed by atoms with Gasteiger partial charge in [0.1, 0.15) is 5.65 Å². The van der Waals surface area contributed by atoms with Gasteiger partial charge in [0.15, 0.2) is 0 Å². The summed E-state index contributed by atoms with van der Waals surface area (Å²) >= 11 is 0. The number of benzene rings is 2. The van der Waals surface area contributed by atoms with Gasteiger partial charge in [0, 0.05) is 36.6 Å². The molecule has 0 saturated heterocycles. The Balaban J connectivity index is 1.29. The van der Waals surface area contributed by atoms with Gasteiger partial charge in [0.2, 0.25) is 5.91 Å². The fourth-order valence-electron chi connectivity index (χ4n) is 3.08. The average molecular weight is 344 g/mol. The fourth-order valence-corrected chi connectivity index (χ4v) is 3.08. The van der Waals surface area contributed by atoms with Crippen LogP contribution in [0.15, 0.2) is 73.1 Å². The van der Waals surface area contributed by atoms with Gasteiger partial charge in [-0.3, -0.25) is 4.79 Å². The average Bonchev–Trinajstić information content (AvgIpc) is 3.07. The van der Waals surface area contributed by atoms with E-state index < -0.39 is 0 Å². The first-order valence-corrected chi connectivity index (χ1v) is 8.70. The van der Waals surface area contributed by atoms with Gasteiger partial charge in [-0.05, 0) is 23.6 Å². The number of carbonyl (C=O) groups excluding carboxylic acids is 1. The zero-order chi connectivity index (χ0) is 17.8. The number of aromatic nitrogens is 2. The normalized spacial score (nSPS) is 10.9. The van der Waals surface area contributed by atoms with Crippen LogP contribution in [0.5, 0.6) is 0 Å². The van der Waals surface area contributed by atoms with Gasteiger partial charge in [0.25, 0.3) is 0 Å². The second-order valence-corrected chi connectivity index (χ2v) is 6.18. The number of pyridine rings is 1. The van der Waals surface area contributed by atoms with E-state index in [9.17, 15) is 4.79 Å². The summed E-state index contributed by atoms with van der Waals surface area (Å²) in [6.07, 6.45) is 4.11. The monoisotopic (exact) mass is 344 g/mol. The number of hydrogen-bond acceptors (Lipinski definition) is 3. The topological polar surface area (TPSA) is 58.4 Å². The van der Waals surface area contributed by atoms with Crippen molar-refractivity contribution in [3.63, 3.8) is 0 Å². The van der Waals surface area contributed by atoms with Crippen LogP contribution < -0.4 is 10.6 Å². The molecule has 4 aromatic rings. The predicted molar refractivity (Wildman–Crippen MR) is 104 cm³/mol. The molecule has 0 fully saturated rings. The Morgan fingerprint density at radius 2 is 1.81 bits per heavy atom. The summed E-state index contributed by atoms with van der Waals surface area (Å²) in [4.78, 5) is 16.6. The van der Waals surface area contributed by atoms with E-state index in [0.717, 1.165) is 17.0 Å².